The number of fused-ring (bicyclic) bond motifs is 1. The van der Waals surface area contributed by atoms with Crippen molar-refractivity contribution in [1.29, 1.82) is 0 Å². The predicted octanol–water partition coefficient (Wildman–Crippen LogP) is 6.21. The van der Waals surface area contributed by atoms with Gasteiger partial charge < -0.3 is 10.1 Å². The van der Waals surface area contributed by atoms with Crippen molar-refractivity contribution in [2.24, 2.45) is 0 Å². The molecule has 37 heavy (non-hydrogen) atoms. The number of methoxy groups -OCH3 is 1. The summed E-state index contributed by atoms with van der Waals surface area (Å²) in [5.41, 5.74) is 4.21. The van der Waals surface area contributed by atoms with Crippen LogP contribution in [0.5, 0.6) is 5.75 Å². The lowest BCUT2D eigenvalue weighted by molar-refractivity contribution is 0.102. The van der Waals surface area contributed by atoms with Crippen molar-refractivity contribution in [2.75, 3.05) is 18.7 Å². The number of carbonyl (C=O) groups is 1. The minimum absolute atomic E-state index is 0.119. The minimum atomic E-state index is -3.48. The summed E-state index contributed by atoms with van der Waals surface area (Å²) in [4.78, 5) is 13.6. The van der Waals surface area contributed by atoms with Gasteiger partial charge in [-0.1, -0.05) is 41.9 Å². The SMILES string of the molecule is COc1ccc(-c2cc(S(C)(=O)=O)ccc2C(=O)Nc2ccc(Cl)c(-c3n[nH]c4ccccc34)c2)cc1. The summed E-state index contributed by atoms with van der Waals surface area (Å²) in [5.74, 6) is 0.250. The largest absolute Gasteiger partial charge is 0.497 e. The zero-order chi connectivity index (χ0) is 26.2. The van der Waals surface area contributed by atoms with E-state index in [0.29, 0.717) is 44.4 Å². The number of hydrogen-bond donors (Lipinski definition) is 2. The molecule has 0 aliphatic rings. The second-order valence-electron chi connectivity index (χ2n) is 8.47. The molecule has 1 heterocycles. The van der Waals surface area contributed by atoms with Crippen LogP contribution in [-0.4, -0.2) is 37.9 Å². The first-order valence-electron chi connectivity index (χ1n) is 11.3. The number of amides is 1. The number of H-pyrrole nitrogens is 1. The smallest absolute Gasteiger partial charge is 0.256 e. The van der Waals surface area contributed by atoms with Gasteiger partial charge in [0.25, 0.3) is 5.91 Å². The number of carbonyl (C=O) groups excluding carboxylic acids is 1. The maximum atomic E-state index is 13.4. The highest BCUT2D eigenvalue weighted by atomic mass is 35.5. The predicted molar refractivity (Wildman–Crippen MR) is 146 cm³/mol. The van der Waals surface area contributed by atoms with Gasteiger partial charge in [0.2, 0.25) is 0 Å². The third-order valence-electron chi connectivity index (χ3n) is 6.01. The van der Waals surface area contributed by atoms with E-state index in [1.807, 2.05) is 24.3 Å². The van der Waals surface area contributed by atoms with Gasteiger partial charge >= 0.3 is 0 Å². The molecule has 0 fully saturated rings. The molecule has 0 aliphatic heterocycles. The van der Waals surface area contributed by atoms with E-state index in [9.17, 15) is 13.2 Å². The van der Waals surface area contributed by atoms with E-state index in [0.717, 1.165) is 17.2 Å². The monoisotopic (exact) mass is 531 g/mol. The van der Waals surface area contributed by atoms with E-state index >= 15 is 0 Å². The second-order valence-corrected chi connectivity index (χ2v) is 10.9. The van der Waals surface area contributed by atoms with Gasteiger partial charge in [0.1, 0.15) is 11.4 Å². The Hall–Kier alpha value is -4.14. The highest BCUT2D eigenvalue weighted by Crippen LogP contribution is 2.34. The molecule has 7 nitrogen and oxygen atoms in total. The van der Waals surface area contributed by atoms with Crippen LogP contribution in [0.1, 0.15) is 10.4 Å². The maximum Gasteiger partial charge on any atom is 0.256 e. The summed E-state index contributed by atoms with van der Waals surface area (Å²) in [6, 6.07) is 24.4. The number of sulfone groups is 1. The third kappa shape index (κ3) is 4.94. The number of ether oxygens (including phenoxy) is 1. The Bertz CT molecular complexity index is 1750. The van der Waals surface area contributed by atoms with Gasteiger partial charge in [-0.15, -0.1) is 0 Å². The molecule has 186 valence electrons. The van der Waals surface area contributed by atoms with Crippen LogP contribution in [0.15, 0.2) is 89.8 Å². The molecule has 9 heteroatoms. The second kappa shape index (κ2) is 9.72. The number of halogens is 1. The van der Waals surface area contributed by atoms with E-state index in [4.69, 9.17) is 16.3 Å². The molecule has 5 rings (SSSR count). The van der Waals surface area contributed by atoms with Crippen LogP contribution in [0.3, 0.4) is 0 Å². The molecule has 0 saturated heterocycles. The van der Waals surface area contributed by atoms with E-state index in [2.05, 4.69) is 15.5 Å². The first-order chi connectivity index (χ1) is 17.7. The number of para-hydroxylation sites is 1. The van der Waals surface area contributed by atoms with Crippen molar-refractivity contribution in [3.05, 3.63) is 95.5 Å². The van der Waals surface area contributed by atoms with Crippen LogP contribution in [-0.2, 0) is 9.84 Å². The number of benzene rings is 4. The number of nitrogens with one attached hydrogen (secondary N) is 2. The van der Waals surface area contributed by atoms with Gasteiger partial charge in [0, 0.05) is 28.5 Å². The fourth-order valence-electron chi connectivity index (χ4n) is 4.11. The average molecular weight is 532 g/mol. The van der Waals surface area contributed by atoms with E-state index in [-0.39, 0.29) is 4.90 Å². The lowest BCUT2D eigenvalue weighted by atomic mass is 9.99. The van der Waals surface area contributed by atoms with Crippen LogP contribution < -0.4 is 10.1 Å². The quantitative estimate of drug-likeness (QED) is 0.271. The van der Waals surface area contributed by atoms with Crippen LogP contribution in [0, 0.1) is 0 Å². The summed E-state index contributed by atoms with van der Waals surface area (Å²) in [6.45, 7) is 0. The summed E-state index contributed by atoms with van der Waals surface area (Å²) in [6.07, 6.45) is 1.13. The number of rotatable bonds is 6. The minimum Gasteiger partial charge on any atom is -0.497 e. The summed E-state index contributed by atoms with van der Waals surface area (Å²) >= 11 is 6.50. The van der Waals surface area contributed by atoms with Gasteiger partial charge in [-0.3, -0.25) is 9.89 Å². The van der Waals surface area contributed by atoms with Crippen molar-refractivity contribution < 1.29 is 17.9 Å². The van der Waals surface area contributed by atoms with Gasteiger partial charge in [-0.25, -0.2) is 8.42 Å². The zero-order valence-corrected chi connectivity index (χ0v) is 21.5. The van der Waals surface area contributed by atoms with Gasteiger partial charge in [-0.05, 0) is 65.7 Å². The molecule has 1 aromatic heterocycles. The zero-order valence-electron chi connectivity index (χ0n) is 19.9. The summed E-state index contributed by atoms with van der Waals surface area (Å²) < 4.78 is 29.7. The van der Waals surface area contributed by atoms with Crippen LogP contribution >= 0.6 is 11.6 Å². The molecule has 0 saturated carbocycles. The lowest BCUT2D eigenvalue weighted by Gasteiger charge is -2.14. The maximum absolute atomic E-state index is 13.4. The molecule has 4 aromatic carbocycles. The first-order valence-corrected chi connectivity index (χ1v) is 13.5. The third-order valence-corrected chi connectivity index (χ3v) is 7.45. The Morgan fingerprint density at radius 2 is 1.70 bits per heavy atom. The topological polar surface area (TPSA) is 101 Å². The average Bonchev–Trinajstić information content (AvgIpc) is 3.33. The first kappa shape index (κ1) is 24.5. The Labute approximate surface area is 219 Å². The highest BCUT2D eigenvalue weighted by Gasteiger charge is 2.19. The fraction of sp³-hybridized carbons (Fsp3) is 0.0714. The van der Waals surface area contributed by atoms with Crippen molar-refractivity contribution in [3.8, 4) is 28.1 Å². The molecule has 5 aromatic rings. The van der Waals surface area contributed by atoms with Crippen LogP contribution in [0.2, 0.25) is 5.02 Å². The Kier molecular flexibility index (Phi) is 6.45. The number of aromatic amines is 1. The van der Waals surface area contributed by atoms with Crippen LogP contribution in [0.25, 0.3) is 33.3 Å². The van der Waals surface area contributed by atoms with E-state index in [1.165, 1.54) is 18.2 Å². The van der Waals surface area contributed by atoms with E-state index < -0.39 is 15.7 Å². The van der Waals surface area contributed by atoms with Crippen LogP contribution in [0.4, 0.5) is 5.69 Å². The Morgan fingerprint density at radius 1 is 0.946 bits per heavy atom. The molecular formula is C28H22ClN3O4S. The molecular weight excluding hydrogens is 510 g/mol. The Morgan fingerprint density at radius 3 is 2.43 bits per heavy atom. The molecule has 1 amide bonds. The lowest BCUT2D eigenvalue weighted by Crippen LogP contribution is -2.14. The number of hydrogen-bond acceptors (Lipinski definition) is 5. The van der Waals surface area contributed by atoms with E-state index in [1.54, 1.807) is 49.6 Å². The summed E-state index contributed by atoms with van der Waals surface area (Å²) in [7, 11) is -1.92. The normalized spacial score (nSPS) is 11.4. The molecule has 0 atom stereocenters. The van der Waals surface area contributed by atoms with Crippen molar-refractivity contribution in [3.63, 3.8) is 0 Å². The molecule has 0 unspecified atom stereocenters. The highest BCUT2D eigenvalue weighted by molar-refractivity contribution is 7.90. The molecule has 0 aliphatic carbocycles. The Balaban J connectivity index is 1.53. The number of nitrogens with zero attached hydrogens (tertiary/aromatic N) is 1. The fourth-order valence-corrected chi connectivity index (χ4v) is 4.97. The van der Waals surface area contributed by atoms with Crippen molar-refractivity contribution >= 4 is 43.9 Å². The number of aromatic nitrogens is 2. The molecule has 2 N–H and O–H groups in total. The molecule has 0 spiro atoms. The van der Waals surface area contributed by atoms with Gasteiger partial charge in [0.05, 0.1) is 22.5 Å². The van der Waals surface area contributed by atoms with Gasteiger partial charge in [0.15, 0.2) is 9.84 Å². The van der Waals surface area contributed by atoms with Crippen molar-refractivity contribution in [1.82, 2.24) is 10.2 Å². The standard InChI is InChI=1S/C28H22ClN3O4S/c1-36-19-10-7-17(8-11-19)23-16-20(37(2,34)35)12-13-21(23)28(33)30-18-9-14-25(29)24(15-18)27-22-5-3-4-6-26(22)31-32-27/h3-16H,1-2H3,(H,30,33)(H,31,32). The van der Waals surface area contributed by atoms with Gasteiger partial charge in [-0.2, -0.15) is 5.10 Å². The molecule has 0 bridgehead atoms. The molecule has 0 radical (unpaired) electrons. The van der Waals surface area contributed by atoms with Crippen molar-refractivity contribution in [2.45, 2.75) is 4.90 Å². The number of anilines is 1. The summed E-state index contributed by atoms with van der Waals surface area (Å²) in [5, 5.41) is 11.7.